The van der Waals surface area contributed by atoms with Gasteiger partial charge in [0.05, 0.1) is 6.61 Å². The molecule has 65 valence electrons. The molecule has 1 aliphatic heterocycles. The van der Waals surface area contributed by atoms with Crippen LogP contribution in [0.25, 0.3) is 0 Å². The summed E-state index contributed by atoms with van der Waals surface area (Å²) in [6, 6.07) is 0. The third kappa shape index (κ3) is 2.77. The van der Waals surface area contributed by atoms with Crippen LogP contribution in [-0.2, 0) is 5.11 Å². The average molecular weight is 158 g/mol. The summed E-state index contributed by atoms with van der Waals surface area (Å²) in [6.45, 7) is 1.75. The van der Waals surface area contributed by atoms with E-state index < -0.39 is 6.23 Å². The Morgan fingerprint density at radius 2 is 1.91 bits per heavy atom. The maximum absolute atomic E-state index is 10.2. The third-order valence-electron chi connectivity index (χ3n) is 2.19. The van der Waals surface area contributed by atoms with Gasteiger partial charge < -0.3 is 5.11 Å². The van der Waals surface area contributed by atoms with E-state index in [4.69, 9.17) is 0 Å². The Morgan fingerprint density at radius 1 is 1.27 bits per heavy atom. The zero-order valence-electron chi connectivity index (χ0n) is 6.83. The molecular weight excluding hydrogens is 142 g/mol. The molecule has 1 N–H and O–H groups in total. The molecule has 1 radical (unpaired) electrons. The molecule has 1 aliphatic rings. The first kappa shape index (κ1) is 8.97. The van der Waals surface area contributed by atoms with Gasteiger partial charge in [-0.15, -0.1) is 0 Å². The first-order valence-corrected chi connectivity index (χ1v) is 4.35. The predicted molar refractivity (Wildman–Crippen MR) is 41.6 cm³/mol. The molecule has 3 nitrogen and oxygen atoms in total. The summed E-state index contributed by atoms with van der Waals surface area (Å²) in [6.07, 6.45) is 3.49. The van der Waals surface area contributed by atoms with E-state index in [0.29, 0.717) is 6.42 Å². The van der Waals surface area contributed by atoms with Crippen molar-refractivity contribution in [1.29, 1.82) is 0 Å². The van der Waals surface area contributed by atoms with Crippen LogP contribution in [0.15, 0.2) is 0 Å². The van der Waals surface area contributed by atoms with Crippen molar-refractivity contribution in [3.8, 4) is 0 Å². The molecule has 0 aliphatic carbocycles. The van der Waals surface area contributed by atoms with E-state index in [-0.39, 0.29) is 6.61 Å². The number of piperidine rings is 1. The van der Waals surface area contributed by atoms with E-state index >= 15 is 0 Å². The second kappa shape index (κ2) is 4.70. The molecule has 1 saturated heterocycles. The molecule has 0 aromatic rings. The van der Waals surface area contributed by atoms with Gasteiger partial charge in [-0.25, -0.2) is 5.11 Å². The number of hydrogen-bond acceptors (Lipinski definition) is 2. The van der Waals surface area contributed by atoms with Gasteiger partial charge in [0.15, 0.2) is 0 Å². The van der Waals surface area contributed by atoms with Crippen LogP contribution in [0.4, 0.5) is 0 Å². The topological polar surface area (TPSA) is 43.4 Å². The van der Waals surface area contributed by atoms with Crippen molar-refractivity contribution in [2.75, 3.05) is 19.7 Å². The fourth-order valence-electron chi connectivity index (χ4n) is 1.50. The largest absolute Gasteiger partial charge is 0.378 e. The van der Waals surface area contributed by atoms with Crippen molar-refractivity contribution in [2.24, 2.45) is 0 Å². The second-order valence-corrected chi connectivity index (χ2v) is 3.07. The fraction of sp³-hybridized carbons (Fsp3) is 1.00. The molecule has 3 heteroatoms. The monoisotopic (exact) mass is 158 g/mol. The summed E-state index contributed by atoms with van der Waals surface area (Å²) in [5, 5.41) is 19.6. The molecule has 1 rings (SSSR count). The molecule has 1 atom stereocenters. The number of aliphatic hydroxyl groups excluding tert-OH is 1. The highest BCUT2D eigenvalue weighted by molar-refractivity contribution is 4.66. The van der Waals surface area contributed by atoms with E-state index in [9.17, 15) is 10.2 Å². The number of hydrogen-bond donors (Lipinski definition) is 1. The van der Waals surface area contributed by atoms with Crippen molar-refractivity contribution >= 4 is 0 Å². The molecule has 1 unspecified atom stereocenters. The van der Waals surface area contributed by atoms with E-state index in [1.54, 1.807) is 0 Å². The van der Waals surface area contributed by atoms with Crippen LogP contribution in [0, 0.1) is 0 Å². The quantitative estimate of drug-likeness (QED) is 0.654. The van der Waals surface area contributed by atoms with Crippen LogP contribution >= 0.6 is 0 Å². The van der Waals surface area contributed by atoms with E-state index in [1.807, 2.05) is 4.90 Å². The summed E-state index contributed by atoms with van der Waals surface area (Å²) < 4.78 is 0. The van der Waals surface area contributed by atoms with Crippen molar-refractivity contribution in [2.45, 2.75) is 31.9 Å². The highest BCUT2D eigenvalue weighted by atomic mass is 16.3. The Labute approximate surface area is 67.6 Å². The zero-order chi connectivity index (χ0) is 8.10. The molecule has 11 heavy (non-hydrogen) atoms. The first-order valence-electron chi connectivity index (χ1n) is 4.35. The van der Waals surface area contributed by atoms with Crippen molar-refractivity contribution in [3.63, 3.8) is 0 Å². The summed E-state index contributed by atoms with van der Waals surface area (Å²) in [4.78, 5) is 2.00. The number of nitrogens with zero attached hydrogens (tertiary/aromatic N) is 1. The van der Waals surface area contributed by atoms with Crippen molar-refractivity contribution in [3.05, 3.63) is 0 Å². The molecule has 0 spiro atoms. The third-order valence-corrected chi connectivity index (χ3v) is 2.19. The summed E-state index contributed by atoms with van der Waals surface area (Å²) >= 11 is 0. The van der Waals surface area contributed by atoms with Gasteiger partial charge in [-0.1, -0.05) is 6.42 Å². The van der Waals surface area contributed by atoms with E-state index in [1.165, 1.54) is 6.42 Å². The molecule has 0 aromatic carbocycles. The van der Waals surface area contributed by atoms with Gasteiger partial charge in [0.1, 0.15) is 6.23 Å². The smallest absolute Gasteiger partial charge is 0.109 e. The lowest BCUT2D eigenvalue weighted by Gasteiger charge is -2.30. The summed E-state index contributed by atoms with van der Waals surface area (Å²) in [5.74, 6) is 0. The molecule has 0 aromatic heterocycles. The minimum Gasteiger partial charge on any atom is -0.378 e. The molecular formula is C8H16NO2. The van der Waals surface area contributed by atoms with Crippen molar-refractivity contribution in [1.82, 2.24) is 4.90 Å². The minimum absolute atomic E-state index is 0.169. The fourth-order valence-corrected chi connectivity index (χ4v) is 1.50. The summed E-state index contributed by atoms with van der Waals surface area (Å²) in [5.41, 5.74) is 0. The number of rotatable bonds is 3. The van der Waals surface area contributed by atoms with Crippen LogP contribution in [0.3, 0.4) is 0 Å². The standard InChI is InChI=1S/C8H16NO2/c10-7-4-8(11)9-5-2-1-3-6-9/h8,11H,1-7H2. The van der Waals surface area contributed by atoms with Crippen LogP contribution in [0.5, 0.6) is 0 Å². The van der Waals surface area contributed by atoms with Crippen molar-refractivity contribution < 1.29 is 10.2 Å². The average Bonchev–Trinajstić information content (AvgIpc) is 2.07. The Balaban J connectivity index is 2.21. The Kier molecular flexibility index (Phi) is 3.83. The number of aliphatic hydroxyl groups is 1. The van der Waals surface area contributed by atoms with Crippen LogP contribution in [0.1, 0.15) is 25.7 Å². The van der Waals surface area contributed by atoms with E-state index in [0.717, 1.165) is 25.9 Å². The maximum atomic E-state index is 10.2. The van der Waals surface area contributed by atoms with Gasteiger partial charge in [0.2, 0.25) is 0 Å². The molecule has 1 fully saturated rings. The summed E-state index contributed by atoms with van der Waals surface area (Å²) in [7, 11) is 0. The van der Waals surface area contributed by atoms with E-state index in [2.05, 4.69) is 0 Å². The molecule has 0 amide bonds. The highest BCUT2D eigenvalue weighted by Crippen LogP contribution is 2.12. The Bertz CT molecular complexity index is 102. The van der Waals surface area contributed by atoms with Crippen LogP contribution < -0.4 is 0 Å². The SMILES string of the molecule is [O]CCC(O)N1CCCCC1. The second-order valence-electron chi connectivity index (χ2n) is 3.07. The lowest BCUT2D eigenvalue weighted by atomic mass is 10.1. The molecule has 0 bridgehead atoms. The first-order chi connectivity index (χ1) is 5.34. The van der Waals surface area contributed by atoms with Gasteiger partial charge in [-0.05, 0) is 12.8 Å². The van der Waals surface area contributed by atoms with Gasteiger partial charge in [-0.3, -0.25) is 4.90 Å². The highest BCUT2D eigenvalue weighted by Gasteiger charge is 2.17. The minimum atomic E-state index is -0.479. The normalized spacial score (nSPS) is 23.5. The predicted octanol–water partition coefficient (Wildman–Crippen LogP) is 0.611. The van der Waals surface area contributed by atoms with Gasteiger partial charge in [-0.2, -0.15) is 0 Å². The Hall–Kier alpha value is -0.120. The maximum Gasteiger partial charge on any atom is 0.109 e. The molecule has 0 saturated carbocycles. The van der Waals surface area contributed by atoms with Gasteiger partial charge in [0, 0.05) is 19.5 Å². The Morgan fingerprint density at radius 3 is 2.45 bits per heavy atom. The molecule has 1 heterocycles. The number of likely N-dealkylation sites (tertiary alicyclic amines) is 1. The van der Waals surface area contributed by atoms with Crippen LogP contribution in [0.2, 0.25) is 0 Å². The lowest BCUT2D eigenvalue weighted by molar-refractivity contribution is -0.0287. The van der Waals surface area contributed by atoms with Gasteiger partial charge in [0.25, 0.3) is 0 Å². The zero-order valence-corrected chi connectivity index (χ0v) is 6.83. The van der Waals surface area contributed by atoms with Gasteiger partial charge >= 0.3 is 0 Å². The van der Waals surface area contributed by atoms with Crippen LogP contribution in [-0.4, -0.2) is 35.9 Å². The lowest BCUT2D eigenvalue weighted by Crippen LogP contribution is -2.39.